The Kier molecular flexibility index (Phi) is 3.96. The maximum Gasteiger partial charge on any atom is 0.337 e. The first kappa shape index (κ1) is 13.0. The molecule has 0 spiro atoms. The van der Waals surface area contributed by atoms with E-state index in [1.54, 1.807) is 0 Å². The summed E-state index contributed by atoms with van der Waals surface area (Å²) in [6.07, 6.45) is 1.48. The maximum absolute atomic E-state index is 13.0. The third-order valence-corrected chi connectivity index (χ3v) is 4.34. The van der Waals surface area contributed by atoms with Crippen LogP contribution in [-0.2, 0) is 10.8 Å². The molecule has 2 N–H and O–H groups in total. The van der Waals surface area contributed by atoms with E-state index in [1.807, 2.05) is 0 Å². The quantitative estimate of drug-likeness (QED) is 0.880. The van der Waals surface area contributed by atoms with E-state index < -0.39 is 22.6 Å². The van der Waals surface area contributed by atoms with Gasteiger partial charge < -0.3 is 10.4 Å². The fraction of sp³-hybridized carbons (Fsp3) is 0.417. The summed E-state index contributed by atoms with van der Waals surface area (Å²) in [6.45, 7) is 0. The minimum Gasteiger partial charge on any atom is -0.478 e. The minimum absolute atomic E-state index is 0.0679. The number of carboxylic acids is 1. The van der Waals surface area contributed by atoms with Crippen molar-refractivity contribution in [2.75, 3.05) is 16.8 Å². The van der Waals surface area contributed by atoms with Crippen LogP contribution in [0.3, 0.4) is 0 Å². The molecule has 1 aliphatic rings. The Morgan fingerprint density at radius 3 is 2.67 bits per heavy atom. The smallest absolute Gasteiger partial charge is 0.337 e. The summed E-state index contributed by atoms with van der Waals surface area (Å²) in [5, 5.41) is 12.1. The summed E-state index contributed by atoms with van der Waals surface area (Å²) in [6, 6.07) is 3.78. The van der Waals surface area contributed by atoms with Gasteiger partial charge in [-0.15, -0.1) is 0 Å². The second kappa shape index (κ2) is 5.48. The zero-order chi connectivity index (χ0) is 13.1. The van der Waals surface area contributed by atoms with Crippen molar-refractivity contribution >= 4 is 22.5 Å². The molecule has 0 aromatic heterocycles. The number of halogens is 1. The monoisotopic (exact) mass is 271 g/mol. The fourth-order valence-corrected chi connectivity index (χ4v) is 3.28. The summed E-state index contributed by atoms with van der Waals surface area (Å²) in [4.78, 5) is 11.0. The van der Waals surface area contributed by atoms with E-state index in [9.17, 15) is 13.4 Å². The molecule has 4 nitrogen and oxygen atoms in total. The average Bonchev–Trinajstić information content (AvgIpc) is 2.34. The minimum atomic E-state index is -1.16. The van der Waals surface area contributed by atoms with Gasteiger partial charge in [0.25, 0.3) is 0 Å². The van der Waals surface area contributed by atoms with E-state index in [0.717, 1.165) is 18.9 Å². The average molecular weight is 271 g/mol. The maximum atomic E-state index is 13.0. The molecular weight excluding hydrogens is 257 g/mol. The zero-order valence-electron chi connectivity index (χ0n) is 9.69. The molecule has 6 heteroatoms. The largest absolute Gasteiger partial charge is 0.478 e. The molecule has 1 saturated heterocycles. The van der Waals surface area contributed by atoms with Crippen LogP contribution in [0.5, 0.6) is 0 Å². The third kappa shape index (κ3) is 3.07. The number of aromatic carboxylic acids is 1. The molecule has 0 unspecified atom stereocenters. The predicted octanol–water partition coefficient (Wildman–Crippen LogP) is 1.85. The van der Waals surface area contributed by atoms with Crippen LogP contribution >= 0.6 is 0 Å². The predicted molar refractivity (Wildman–Crippen MR) is 67.9 cm³/mol. The highest BCUT2D eigenvalue weighted by Gasteiger charge is 2.20. The second-order valence-corrected chi connectivity index (χ2v) is 5.96. The molecule has 1 heterocycles. The van der Waals surface area contributed by atoms with Gasteiger partial charge in [0, 0.05) is 34.0 Å². The van der Waals surface area contributed by atoms with Gasteiger partial charge in [-0.2, -0.15) is 0 Å². The Balaban J connectivity index is 2.13. The van der Waals surface area contributed by atoms with Crippen molar-refractivity contribution < 1.29 is 18.5 Å². The Labute approximate surface area is 107 Å². The molecule has 1 aromatic carbocycles. The highest BCUT2D eigenvalue weighted by atomic mass is 32.2. The number of carbonyl (C=O) groups is 1. The lowest BCUT2D eigenvalue weighted by atomic mass is 10.1. The van der Waals surface area contributed by atoms with Crippen molar-refractivity contribution in [2.45, 2.75) is 18.9 Å². The molecule has 1 aliphatic heterocycles. The molecule has 2 rings (SSSR count). The lowest BCUT2D eigenvalue weighted by Gasteiger charge is -2.24. The topological polar surface area (TPSA) is 66.4 Å². The highest BCUT2D eigenvalue weighted by molar-refractivity contribution is 7.85. The van der Waals surface area contributed by atoms with Gasteiger partial charge in [0.2, 0.25) is 0 Å². The molecule has 0 amide bonds. The number of hydrogen-bond acceptors (Lipinski definition) is 3. The molecule has 98 valence electrons. The lowest BCUT2D eigenvalue weighted by molar-refractivity contribution is 0.0697. The van der Waals surface area contributed by atoms with Crippen LogP contribution in [0.15, 0.2) is 18.2 Å². The van der Waals surface area contributed by atoms with Crippen molar-refractivity contribution in [3.8, 4) is 0 Å². The van der Waals surface area contributed by atoms with Gasteiger partial charge in [0.15, 0.2) is 0 Å². The number of anilines is 1. The summed E-state index contributed by atoms with van der Waals surface area (Å²) in [7, 11) is -0.753. The van der Waals surface area contributed by atoms with Crippen molar-refractivity contribution in [3.63, 3.8) is 0 Å². The first-order chi connectivity index (χ1) is 8.56. The van der Waals surface area contributed by atoms with Crippen LogP contribution in [0.4, 0.5) is 10.1 Å². The van der Waals surface area contributed by atoms with E-state index in [1.165, 1.54) is 12.1 Å². The van der Waals surface area contributed by atoms with Crippen molar-refractivity contribution in [2.24, 2.45) is 0 Å². The number of nitrogens with one attached hydrogen (secondary N) is 1. The zero-order valence-corrected chi connectivity index (χ0v) is 10.5. The molecule has 0 bridgehead atoms. The van der Waals surface area contributed by atoms with Crippen molar-refractivity contribution in [3.05, 3.63) is 29.6 Å². The standard InChI is InChI=1S/C12H14FNO3S/c13-8-1-2-11(10(7-8)12(15)16)14-9-3-5-18(17)6-4-9/h1-2,7,9,14H,3-6H2,(H,15,16). The second-order valence-electron chi connectivity index (χ2n) is 4.26. The van der Waals surface area contributed by atoms with Crippen LogP contribution < -0.4 is 5.32 Å². The molecular formula is C12H14FNO3S. The van der Waals surface area contributed by atoms with Crippen LogP contribution in [0.1, 0.15) is 23.2 Å². The molecule has 18 heavy (non-hydrogen) atoms. The third-order valence-electron chi connectivity index (χ3n) is 2.96. The van der Waals surface area contributed by atoms with Crippen LogP contribution in [0.25, 0.3) is 0 Å². The fourth-order valence-electron chi connectivity index (χ4n) is 1.98. The molecule has 0 atom stereocenters. The Morgan fingerprint density at radius 2 is 2.06 bits per heavy atom. The van der Waals surface area contributed by atoms with Crippen molar-refractivity contribution in [1.82, 2.24) is 0 Å². The first-order valence-electron chi connectivity index (χ1n) is 5.70. The SMILES string of the molecule is O=C(O)c1cc(F)ccc1NC1CCS(=O)CC1. The number of carboxylic acid groups (broad SMARTS) is 1. The number of rotatable bonds is 3. The number of hydrogen-bond donors (Lipinski definition) is 2. The summed E-state index contributed by atoms with van der Waals surface area (Å²) in [5.41, 5.74) is 0.350. The van der Waals surface area contributed by atoms with Crippen LogP contribution in [0.2, 0.25) is 0 Å². The van der Waals surface area contributed by atoms with Gasteiger partial charge in [0.1, 0.15) is 5.82 Å². The van der Waals surface area contributed by atoms with Crippen LogP contribution in [-0.4, -0.2) is 32.8 Å². The Bertz CT molecular complexity index is 482. The molecule has 1 aromatic rings. The molecule has 0 radical (unpaired) electrons. The van der Waals surface area contributed by atoms with Gasteiger partial charge in [-0.1, -0.05) is 0 Å². The highest BCUT2D eigenvalue weighted by Crippen LogP contribution is 2.21. The lowest BCUT2D eigenvalue weighted by Crippen LogP contribution is -2.30. The van der Waals surface area contributed by atoms with E-state index in [-0.39, 0.29) is 11.6 Å². The van der Waals surface area contributed by atoms with Crippen molar-refractivity contribution in [1.29, 1.82) is 0 Å². The number of benzene rings is 1. The first-order valence-corrected chi connectivity index (χ1v) is 7.19. The summed E-state index contributed by atoms with van der Waals surface area (Å²) in [5.74, 6) is -0.471. The van der Waals surface area contributed by atoms with Gasteiger partial charge in [-0.05, 0) is 31.0 Å². The van der Waals surface area contributed by atoms with Crippen LogP contribution in [0, 0.1) is 5.82 Å². The summed E-state index contributed by atoms with van der Waals surface area (Å²) < 4.78 is 24.2. The van der Waals surface area contributed by atoms with Gasteiger partial charge in [-0.3, -0.25) is 4.21 Å². The molecule has 0 aliphatic carbocycles. The van der Waals surface area contributed by atoms with E-state index in [2.05, 4.69) is 5.32 Å². The van der Waals surface area contributed by atoms with Gasteiger partial charge in [0.05, 0.1) is 5.56 Å². The summed E-state index contributed by atoms with van der Waals surface area (Å²) >= 11 is 0. The van der Waals surface area contributed by atoms with E-state index in [4.69, 9.17) is 5.11 Å². The molecule has 0 saturated carbocycles. The Hall–Kier alpha value is -1.43. The van der Waals surface area contributed by atoms with Gasteiger partial charge >= 0.3 is 5.97 Å². The van der Waals surface area contributed by atoms with Gasteiger partial charge in [-0.25, -0.2) is 9.18 Å². The van der Waals surface area contributed by atoms with E-state index >= 15 is 0 Å². The molecule has 1 fully saturated rings. The van der Waals surface area contributed by atoms with E-state index in [0.29, 0.717) is 17.2 Å². The normalized spacial score (nSPS) is 23.6. The Morgan fingerprint density at radius 1 is 1.39 bits per heavy atom.